The number of fused-ring (bicyclic) bond motifs is 1. The van der Waals surface area contributed by atoms with E-state index in [2.05, 4.69) is 4.74 Å². The van der Waals surface area contributed by atoms with E-state index in [1.165, 1.54) is 11.0 Å². The smallest absolute Gasteiger partial charge is 0.387 e. The van der Waals surface area contributed by atoms with E-state index in [4.69, 9.17) is 15.2 Å². The number of nitrogens with two attached hydrogens (primary N) is 1. The molecule has 0 spiro atoms. The van der Waals surface area contributed by atoms with Crippen LogP contribution in [0.5, 0.6) is 17.2 Å². The molecule has 1 aromatic carbocycles. The molecule has 1 heterocycles. The summed E-state index contributed by atoms with van der Waals surface area (Å²) in [5.41, 5.74) is 6.46. The van der Waals surface area contributed by atoms with Gasteiger partial charge < -0.3 is 24.8 Å². The molecule has 1 aromatic rings. The Morgan fingerprint density at radius 2 is 2.08 bits per heavy atom. The third-order valence-corrected chi connectivity index (χ3v) is 4.76. The van der Waals surface area contributed by atoms with Crippen molar-refractivity contribution in [2.24, 2.45) is 11.7 Å². The molecule has 0 unspecified atom stereocenters. The van der Waals surface area contributed by atoms with E-state index in [1.807, 2.05) is 0 Å². The van der Waals surface area contributed by atoms with E-state index in [1.54, 1.807) is 13.1 Å². The Morgan fingerprint density at radius 1 is 1.36 bits per heavy atom. The standard InChI is InChI=1S/C17H22F2N2O4/c1-21(16(22)6-10-3-2-4-12(10)20)8-11-5-14-15(24-9-23-14)7-13(11)25-17(18)19/h5,7,10,12,17H,2-4,6,8-9,20H2,1H3/t10-,12+/m0/s1. The van der Waals surface area contributed by atoms with Crippen molar-refractivity contribution in [2.45, 2.75) is 44.9 Å². The minimum Gasteiger partial charge on any atom is -0.454 e. The lowest BCUT2D eigenvalue weighted by Crippen LogP contribution is -2.32. The van der Waals surface area contributed by atoms with Crippen molar-refractivity contribution >= 4 is 5.91 Å². The molecule has 8 heteroatoms. The first-order chi connectivity index (χ1) is 11.9. The average molecular weight is 356 g/mol. The van der Waals surface area contributed by atoms with Crippen LogP contribution in [0.15, 0.2) is 12.1 Å². The highest BCUT2D eigenvalue weighted by atomic mass is 19.3. The molecule has 6 nitrogen and oxygen atoms in total. The van der Waals surface area contributed by atoms with Crippen LogP contribution < -0.4 is 19.9 Å². The average Bonchev–Trinajstić information content (AvgIpc) is 3.16. The molecule has 2 atom stereocenters. The molecule has 1 amide bonds. The fourth-order valence-corrected chi connectivity index (χ4v) is 3.34. The summed E-state index contributed by atoms with van der Waals surface area (Å²) < 4.78 is 40.4. The fourth-order valence-electron chi connectivity index (χ4n) is 3.34. The third-order valence-electron chi connectivity index (χ3n) is 4.76. The second-order valence-electron chi connectivity index (χ2n) is 6.50. The molecule has 0 bridgehead atoms. The maximum absolute atomic E-state index is 12.7. The monoisotopic (exact) mass is 356 g/mol. The first-order valence-corrected chi connectivity index (χ1v) is 8.31. The normalized spacial score (nSPS) is 21.6. The molecule has 1 fully saturated rings. The summed E-state index contributed by atoms with van der Waals surface area (Å²) in [5.74, 6) is 0.906. The van der Waals surface area contributed by atoms with Gasteiger partial charge in [0, 0.05) is 37.7 Å². The zero-order valence-corrected chi connectivity index (χ0v) is 14.0. The molecule has 2 N–H and O–H groups in total. The summed E-state index contributed by atoms with van der Waals surface area (Å²) in [4.78, 5) is 13.9. The molecular weight excluding hydrogens is 334 g/mol. The number of ether oxygens (including phenoxy) is 3. The highest BCUT2D eigenvalue weighted by Crippen LogP contribution is 2.39. The van der Waals surface area contributed by atoms with Gasteiger partial charge >= 0.3 is 6.61 Å². The van der Waals surface area contributed by atoms with Crippen molar-refractivity contribution in [3.8, 4) is 17.2 Å². The SMILES string of the molecule is CN(Cc1cc2c(cc1OC(F)F)OCO2)C(=O)C[C@@H]1CCC[C@H]1N. The summed E-state index contributed by atoms with van der Waals surface area (Å²) in [6.45, 7) is -2.79. The largest absolute Gasteiger partial charge is 0.454 e. The Kier molecular flexibility index (Phi) is 5.27. The van der Waals surface area contributed by atoms with Gasteiger partial charge in [0.05, 0.1) is 0 Å². The maximum Gasteiger partial charge on any atom is 0.387 e. The number of nitrogens with zero attached hydrogens (tertiary/aromatic N) is 1. The molecular formula is C17H22F2N2O4. The van der Waals surface area contributed by atoms with E-state index in [0.717, 1.165) is 19.3 Å². The lowest BCUT2D eigenvalue weighted by atomic mass is 9.99. The summed E-state index contributed by atoms with van der Waals surface area (Å²) in [7, 11) is 1.64. The lowest BCUT2D eigenvalue weighted by Gasteiger charge is -2.22. The molecule has 3 rings (SSSR count). The quantitative estimate of drug-likeness (QED) is 0.848. The maximum atomic E-state index is 12.7. The van der Waals surface area contributed by atoms with Crippen molar-refractivity contribution in [3.63, 3.8) is 0 Å². The number of carbonyl (C=O) groups excluding carboxylic acids is 1. The molecule has 1 aliphatic heterocycles. The lowest BCUT2D eigenvalue weighted by molar-refractivity contribution is -0.131. The van der Waals surface area contributed by atoms with Gasteiger partial charge in [-0.25, -0.2) is 0 Å². The Balaban J connectivity index is 1.71. The summed E-state index contributed by atoms with van der Waals surface area (Å²) >= 11 is 0. The van der Waals surface area contributed by atoms with Crippen LogP contribution in [0.25, 0.3) is 0 Å². The summed E-state index contributed by atoms with van der Waals surface area (Å²) in [6.07, 6.45) is 3.30. The van der Waals surface area contributed by atoms with E-state index in [0.29, 0.717) is 23.5 Å². The van der Waals surface area contributed by atoms with Gasteiger partial charge in [-0.15, -0.1) is 0 Å². The van der Waals surface area contributed by atoms with Crippen LogP contribution in [0.1, 0.15) is 31.2 Å². The topological polar surface area (TPSA) is 74.0 Å². The summed E-state index contributed by atoms with van der Waals surface area (Å²) in [6, 6.07) is 3.00. The zero-order chi connectivity index (χ0) is 18.0. The second kappa shape index (κ2) is 7.43. The molecule has 1 aliphatic carbocycles. The van der Waals surface area contributed by atoms with E-state index < -0.39 is 6.61 Å². The molecule has 25 heavy (non-hydrogen) atoms. The number of alkyl halides is 2. The highest BCUT2D eigenvalue weighted by molar-refractivity contribution is 5.76. The van der Waals surface area contributed by atoms with Gasteiger partial charge in [0.2, 0.25) is 12.7 Å². The Bertz CT molecular complexity index is 641. The first-order valence-electron chi connectivity index (χ1n) is 8.31. The molecule has 2 aliphatic rings. The van der Waals surface area contributed by atoms with Crippen LogP contribution >= 0.6 is 0 Å². The minimum atomic E-state index is -2.96. The molecule has 0 saturated heterocycles. The number of carbonyl (C=O) groups is 1. The Labute approximate surface area is 144 Å². The number of hydrogen-bond acceptors (Lipinski definition) is 5. The van der Waals surface area contributed by atoms with Crippen molar-refractivity contribution < 1.29 is 27.8 Å². The number of amides is 1. The van der Waals surface area contributed by atoms with E-state index in [-0.39, 0.29) is 37.0 Å². The number of hydrogen-bond donors (Lipinski definition) is 1. The first kappa shape index (κ1) is 17.7. The number of benzene rings is 1. The van der Waals surface area contributed by atoms with Crippen LogP contribution in [-0.2, 0) is 11.3 Å². The van der Waals surface area contributed by atoms with Crippen molar-refractivity contribution in [3.05, 3.63) is 17.7 Å². The Morgan fingerprint density at radius 3 is 2.72 bits per heavy atom. The van der Waals surface area contributed by atoms with Crippen LogP contribution in [0.2, 0.25) is 0 Å². The third kappa shape index (κ3) is 4.12. The zero-order valence-electron chi connectivity index (χ0n) is 14.0. The van der Waals surface area contributed by atoms with Crippen molar-refractivity contribution in [2.75, 3.05) is 13.8 Å². The van der Waals surface area contributed by atoms with Gasteiger partial charge in [0.15, 0.2) is 11.5 Å². The highest BCUT2D eigenvalue weighted by Gasteiger charge is 2.28. The molecule has 0 aromatic heterocycles. The van der Waals surface area contributed by atoms with Crippen LogP contribution in [0.4, 0.5) is 8.78 Å². The van der Waals surface area contributed by atoms with Crippen LogP contribution in [0, 0.1) is 5.92 Å². The van der Waals surface area contributed by atoms with Gasteiger partial charge in [-0.3, -0.25) is 4.79 Å². The predicted octanol–water partition coefficient (Wildman–Crippen LogP) is 2.49. The minimum absolute atomic E-state index is 0.0172. The Hall–Kier alpha value is -2.09. The predicted molar refractivity (Wildman–Crippen MR) is 85.6 cm³/mol. The van der Waals surface area contributed by atoms with Gasteiger partial charge in [0.1, 0.15) is 5.75 Å². The molecule has 0 radical (unpaired) electrons. The second-order valence-corrected chi connectivity index (χ2v) is 6.50. The van der Waals surface area contributed by atoms with Gasteiger partial charge in [-0.2, -0.15) is 8.78 Å². The summed E-state index contributed by atoms with van der Waals surface area (Å²) in [5, 5.41) is 0. The van der Waals surface area contributed by atoms with Crippen molar-refractivity contribution in [1.82, 2.24) is 4.90 Å². The van der Waals surface area contributed by atoms with E-state index in [9.17, 15) is 13.6 Å². The van der Waals surface area contributed by atoms with Crippen LogP contribution in [0.3, 0.4) is 0 Å². The molecule has 138 valence electrons. The molecule has 1 saturated carbocycles. The van der Waals surface area contributed by atoms with Gasteiger partial charge in [-0.1, -0.05) is 6.42 Å². The fraction of sp³-hybridized carbons (Fsp3) is 0.588. The number of rotatable bonds is 6. The van der Waals surface area contributed by atoms with Crippen molar-refractivity contribution in [1.29, 1.82) is 0 Å². The van der Waals surface area contributed by atoms with E-state index >= 15 is 0 Å². The van der Waals surface area contributed by atoms with Gasteiger partial charge in [0.25, 0.3) is 0 Å². The van der Waals surface area contributed by atoms with Crippen LogP contribution in [-0.4, -0.2) is 37.3 Å². The van der Waals surface area contributed by atoms with Gasteiger partial charge in [-0.05, 0) is 24.8 Å². The number of halogens is 2.